The van der Waals surface area contributed by atoms with Gasteiger partial charge in [0.1, 0.15) is 23.8 Å². The minimum atomic E-state index is -3.49. The van der Waals surface area contributed by atoms with Gasteiger partial charge in [-0.1, -0.05) is 15.9 Å². The van der Waals surface area contributed by atoms with Crippen LogP contribution in [0.2, 0.25) is 0 Å². The number of alkyl halides is 2. The smallest absolute Gasteiger partial charge is 0.310 e. The van der Waals surface area contributed by atoms with Crippen LogP contribution in [0.4, 0.5) is 17.6 Å². The average molecular weight is 465 g/mol. The number of nitrogens with one attached hydrogen (secondary N) is 1. The molecule has 0 bridgehead atoms. The third-order valence-corrected chi connectivity index (χ3v) is 4.45. The molecule has 0 saturated carbocycles. The summed E-state index contributed by atoms with van der Waals surface area (Å²) in [6.45, 7) is -0.0638. The number of carbonyl (C=O) groups excluding carboxylic acids is 1. The summed E-state index contributed by atoms with van der Waals surface area (Å²) in [5, 5.41) is 10.1. The van der Waals surface area contributed by atoms with Crippen LogP contribution in [-0.2, 0) is 6.61 Å². The number of carbonyl (C=O) groups is 1. The Morgan fingerprint density at radius 2 is 1.96 bits per heavy atom. The first kappa shape index (κ1) is 20.2. The lowest BCUT2D eigenvalue weighted by atomic mass is 10.1. The lowest BCUT2D eigenvalue weighted by Gasteiger charge is -2.30. The van der Waals surface area contributed by atoms with E-state index in [1.165, 1.54) is 12.1 Å². The van der Waals surface area contributed by atoms with Crippen molar-refractivity contribution in [2.75, 3.05) is 0 Å². The zero-order valence-electron chi connectivity index (χ0n) is 14.0. The summed E-state index contributed by atoms with van der Waals surface area (Å²) in [7, 11) is 0. The number of halogens is 5. The quantitative estimate of drug-likeness (QED) is 0.653. The maximum Gasteiger partial charge on any atom is 0.310 e. The van der Waals surface area contributed by atoms with Crippen molar-refractivity contribution in [2.24, 2.45) is 0 Å². The molecule has 28 heavy (non-hydrogen) atoms. The largest absolute Gasteiger partial charge is 0.486 e. The van der Waals surface area contributed by atoms with Crippen LogP contribution in [0.25, 0.3) is 0 Å². The van der Waals surface area contributed by atoms with Crippen LogP contribution in [0.5, 0.6) is 5.75 Å². The van der Waals surface area contributed by atoms with Crippen LogP contribution < -0.4 is 10.2 Å². The zero-order valence-corrected chi connectivity index (χ0v) is 15.6. The molecule has 1 unspecified atom stereocenters. The summed E-state index contributed by atoms with van der Waals surface area (Å²) in [5.74, 6) is -0.942. The zero-order chi connectivity index (χ0) is 20.5. The van der Waals surface area contributed by atoms with Gasteiger partial charge in [-0.2, -0.15) is 8.78 Å². The van der Waals surface area contributed by atoms with E-state index in [1.807, 2.05) is 5.43 Å². The van der Waals surface area contributed by atoms with Gasteiger partial charge in [-0.3, -0.25) is 10.2 Å². The van der Waals surface area contributed by atoms with E-state index < -0.39 is 42.0 Å². The van der Waals surface area contributed by atoms with E-state index in [0.29, 0.717) is 5.75 Å². The maximum atomic E-state index is 13.2. The molecule has 1 atom stereocenters. The van der Waals surface area contributed by atoms with Gasteiger partial charge in [-0.25, -0.2) is 13.8 Å². The molecule has 1 aromatic carbocycles. The molecule has 0 spiro atoms. The van der Waals surface area contributed by atoms with Crippen LogP contribution >= 0.6 is 15.9 Å². The number of amides is 1. The van der Waals surface area contributed by atoms with Crippen molar-refractivity contribution < 1.29 is 36.6 Å². The van der Waals surface area contributed by atoms with Crippen LogP contribution in [-0.4, -0.2) is 28.2 Å². The summed E-state index contributed by atoms with van der Waals surface area (Å²) in [4.78, 5) is 12.4. The van der Waals surface area contributed by atoms with E-state index in [4.69, 9.17) is 9.15 Å². The summed E-state index contributed by atoms with van der Waals surface area (Å²) < 4.78 is 63.5. The van der Waals surface area contributed by atoms with Crippen molar-refractivity contribution in [1.82, 2.24) is 10.4 Å². The van der Waals surface area contributed by atoms with Gasteiger partial charge in [-0.05, 0) is 36.4 Å². The third kappa shape index (κ3) is 3.99. The summed E-state index contributed by atoms with van der Waals surface area (Å²) in [5.41, 5.74) is -2.28. The number of rotatable bonds is 5. The van der Waals surface area contributed by atoms with Gasteiger partial charge in [0.25, 0.3) is 12.5 Å². The standard InChI is InChI=1S/C17H13BrF4N2O4/c18-9-1-3-10(4-2-9)27-8-11-5-6-13(28-11)15(25)24-17(26,16(21)22)7-12(23-24)14(19)20/h1-6,16,23,26H,7-8H2. The molecule has 2 aromatic rings. The molecular weight excluding hydrogens is 452 g/mol. The minimum Gasteiger partial charge on any atom is -0.486 e. The molecule has 2 heterocycles. The summed E-state index contributed by atoms with van der Waals surface area (Å²) in [6.07, 6.45) is -6.94. The number of ether oxygens (including phenoxy) is 1. The van der Waals surface area contributed by atoms with Crippen molar-refractivity contribution in [3.63, 3.8) is 0 Å². The van der Waals surface area contributed by atoms with Crippen molar-refractivity contribution in [3.05, 3.63) is 64.2 Å². The van der Waals surface area contributed by atoms with E-state index >= 15 is 0 Å². The normalized spacial score (nSPS) is 19.1. The Labute approximate surface area is 164 Å². The lowest BCUT2D eigenvalue weighted by Crippen LogP contribution is -2.55. The Morgan fingerprint density at radius 1 is 1.29 bits per heavy atom. The molecule has 1 aliphatic rings. The molecule has 6 nitrogen and oxygen atoms in total. The number of furan rings is 1. The van der Waals surface area contributed by atoms with E-state index in [9.17, 15) is 27.5 Å². The molecule has 11 heteroatoms. The minimum absolute atomic E-state index is 0.0460. The number of hydrogen-bond acceptors (Lipinski definition) is 5. The van der Waals surface area contributed by atoms with Crippen LogP contribution in [0.15, 0.2) is 57.1 Å². The Balaban J connectivity index is 1.74. The first-order valence-electron chi connectivity index (χ1n) is 7.83. The SMILES string of the molecule is O=C(c1ccc(COc2ccc(Br)cc2)o1)N1NC(=C(F)F)CC1(O)C(F)F. The molecule has 1 aliphatic heterocycles. The van der Waals surface area contributed by atoms with Gasteiger partial charge in [-0.15, -0.1) is 0 Å². The number of nitrogens with zero attached hydrogens (tertiary/aromatic N) is 1. The molecule has 150 valence electrons. The van der Waals surface area contributed by atoms with Crippen LogP contribution in [0.3, 0.4) is 0 Å². The first-order valence-corrected chi connectivity index (χ1v) is 8.63. The van der Waals surface area contributed by atoms with Crippen molar-refractivity contribution >= 4 is 21.8 Å². The highest BCUT2D eigenvalue weighted by Gasteiger charge is 2.54. The lowest BCUT2D eigenvalue weighted by molar-refractivity contribution is -0.168. The molecule has 2 N–H and O–H groups in total. The highest BCUT2D eigenvalue weighted by molar-refractivity contribution is 9.10. The summed E-state index contributed by atoms with van der Waals surface area (Å²) >= 11 is 3.28. The number of benzene rings is 1. The van der Waals surface area contributed by atoms with Gasteiger partial charge < -0.3 is 14.3 Å². The second-order valence-corrected chi connectivity index (χ2v) is 6.77. The molecule has 0 radical (unpaired) electrons. The van der Waals surface area contributed by atoms with Crippen LogP contribution in [0, 0.1) is 0 Å². The van der Waals surface area contributed by atoms with Gasteiger partial charge in [0.2, 0.25) is 5.72 Å². The highest BCUT2D eigenvalue weighted by Crippen LogP contribution is 2.35. The maximum absolute atomic E-state index is 13.2. The van der Waals surface area contributed by atoms with Gasteiger partial charge >= 0.3 is 5.91 Å². The molecule has 1 saturated heterocycles. The fourth-order valence-corrected chi connectivity index (χ4v) is 2.75. The van der Waals surface area contributed by atoms with Crippen molar-refractivity contribution in [3.8, 4) is 5.75 Å². The van der Waals surface area contributed by atoms with E-state index in [0.717, 1.165) is 4.47 Å². The monoisotopic (exact) mass is 464 g/mol. The van der Waals surface area contributed by atoms with Crippen LogP contribution in [0.1, 0.15) is 22.7 Å². The molecule has 1 amide bonds. The second-order valence-electron chi connectivity index (χ2n) is 5.86. The van der Waals surface area contributed by atoms with Gasteiger partial charge in [0.15, 0.2) is 5.76 Å². The Hall–Kier alpha value is -2.53. The predicted molar refractivity (Wildman–Crippen MR) is 91.3 cm³/mol. The van der Waals surface area contributed by atoms with E-state index in [2.05, 4.69) is 15.9 Å². The third-order valence-electron chi connectivity index (χ3n) is 3.92. The highest BCUT2D eigenvalue weighted by atomic mass is 79.9. The molecule has 3 rings (SSSR count). The van der Waals surface area contributed by atoms with Gasteiger partial charge in [0.05, 0.1) is 6.42 Å². The number of hydrazine groups is 1. The Morgan fingerprint density at radius 3 is 2.57 bits per heavy atom. The van der Waals surface area contributed by atoms with Crippen molar-refractivity contribution in [1.29, 1.82) is 0 Å². The first-order chi connectivity index (χ1) is 13.2. The average Bonchev–Trinajstić information content (AvgIpc) is 3.26. The molecule has 1 fully saturated rings. The molecule has 1 aromatic heterocycles. The number of hydrogen-bond donors (Lipinski definition) is 2. The van der Waals surface area contributed by atoms with E-state index in [1.54, 1.807) is 24.3 Å². The van der Waals surface area contributed by atoms with Gasteiger partial charge in [0, 0.05) is 4.47 Å². The fourth-order valence-electron chi connectivity index (χ4n) is 2.49. The Bertz CT molecular complexity index is 899. The van der Waals surface area contributed by atoms with Crippen molar-refractivity contribution in [2.45, 2.75) is 25.2 Å². The summed E-state index contributed by atoms with van der Waals surface area (Å²) in [6, 6.07) is 9.43. The molecule has 0 aliphatic carbocycles. The molecular formula is C17H13BrF4N2O4. The Kier molecular flexibility index (Phi) is 5.66. The number of aliphatic hydroxyl groups is 1. The second kappa shape index (κ2) is 7.84. The predicted octanol–water partition coefficient (Wildman–Crippen LogP) is 4.03. The van der Waals surface area contributed by atoms with E-state index in [-0.39, 0.29) is 17.4 Å². The fraction of sp³-hybridized carbons (Fsp3) is 0.235. The topological polar surface area (TPSA) is 74.9 Å².